The zero-order valence-corrected chi connectivity index (χ0v) is 19.6. The van der Waals surface area contributed by atoms with E-state index in [1.807, 2.05) is 24.3 Å². The summed E-state index contributed by atoms with van der Waals surface area (Å²) in [6, 6.07) is 6.12. The number of carbonyl (C=O) groups is 3. The van der Waals surface area contributed by atoms with Crippen LogP contribution in [0.4, 0.5) is 14.0 Å². The van der Waals surface area contributed by atoms with E-state index in [0.717, 1.165) is 16.2 Å². The molecule has 0 unspecified atom stereocenters. The quantitative estimate of drug-likeness (QED) is 0.202. The molecule has 0 aromatic heterocycles. The molecular weight excluding hydrogens is 526 g/mol. The first kappa shape index (κ1) is 26.8. The second-order valence-corrected chi connectivity index (χ2v) is 8.68. The van der Waals surface area contributed by atoms with Crippen molar-refractivity contribution in [1.29, 1.82) is 0 Å². The third-order valence-electron chi connectivity index (χ3n) is 4.41. The Kier molecular flexibility index (Phi) is 10.9. The number of aliphatic hydroxyl groups excluding tert-OH is 1. The highest BCUT2D eigenvalue weighted by molar-refractivity contribution is 14.1. The largest absolute Gasteiger partial charge is 0.453 e. The van der Waals surface area contributed by atoms with Crippen molar-refractivity contribution >= 4 is 40.7 Å². The minimum atomic E-state index is -1.25. The maximum Gasteiger partial charge on any atom is 0.407 e. The van der Waals surface area contributed by atoms with Crippen LogP contribution in [0.25, 0.3) is 0 Å². The molecule has 0 bridgehead atoms. The molecular formula is C19H28FIN4O6. The van der Waals surface area contributed by atoms with E-state index in [-0.39, 0.29) is 13.0 Å². The number of alkyl carbamates (subject to hydrolysis) is 1. The lowest BCUT2D eigenvalue weighted by atomic mass is 9.85. The molecule has 0 spiro atoms. The van der Waals surface area contributed by atoms with Gasteiger partial charge < -0.3 is 25.6 Å². The van der Waals surface area contributed by atoms with Gasteiger partial charge in [0.15, 0.2) is 0 Å². The highest BCUT2D eigenvalue weighted by Gasteiger charge is 2.37. The number of halogens is 2. The van der Waals surface area contributed by atoms with Crippen molar-refractivity contribution in [2.75, 3.05) is 20.3 Å². The van der Waals surface area contributed by atoms with Crippen LogP contribution in [-0.4, -0.2) is 61.8 Å². The summed E-state index contributed by atoms with van der Waals surface area (Å²) in [6.07, 6.45) is -3.96. The molecule has 1 rings (SSSR count). The van der Waals surface area contributed by atoms with Gasteiger partial charge in [0, 0.05) is 22.0 Å². The zero-order valence-electron chi connectivity index (χ0n) is 17.5. The first-order valence-corrected chi connectivity index (χ1v) is 10.4. The zero-order chi connectivity index (χ0) is 23.6. The van der Waals surface area contributed by atoms with Crippen LogP contribution < -0.4 is 21.9 Å². The number of carbonyl (C=O) groups excluding carboxylic acids is 3. The van der Waals surface area contributed by atoms with E-state index in [4.69, 9.17) is 10.5 Å². The van der Waals surface area contributed by atoms with Crippen molar-refractivity contribution in [2.45, 2.75) is 38.5 Å². The number of nitrogens with one attached hydrogen (secondary N) is 3. The van der Waals surface area contributed by atoms with Crippen LogP contribution in [-0.2, 0) is 20.7 Å². The second-order valence-electron chi connectivity index (χ2n) is 7.43. The molecule has 12 heteroatoms. The van der Waals surface area contributed by atoms with Gasteiger partial charge in [0.25, 0.3) is 5.91 Å². The molecule has 174 valence electrons. The van der Waals surface area contributed by atoms with Crippen molar-refractivity contribution < 1.29 is 33.4 Å². The minimum Gasteiger partial charge on any atom is -0.453 e. The summed E-state index contributed by atoms with van der Waals surface area (Å²) in [5.41, 5.74) is 9.49. The lowest BCUT2D eigenvalue weighted by Crippen LogP contribution is -2.58. The Hall–Kier alpha value is -2.19. The Labute approximate surface area is 193 Å². The van der Waals surface area contributed by atoms with Crippen molar-refractivity contribution in [3.63, 3.8) is 0 Å². The van der Waals surface area contributed by atoms with Crippen LogP contribution in [0, 0.1) is 8.99 Å². The standard InChI is InChI=1S/C19H28FIN4O6/c1-19(2,10-20)15(24-18(29)30-3)16(27)25-23-9-13(26)14(31-17(22)28)8-11-4-6-12(21)7-5-11/h4-7,13-15,23,26H,8-10H2,1-3H3,(H2,22,28)(H,24,29)(H,25,27)/t13-,14-,15+/m0/s1. The molecule has 0 saturated heterocycles. The van der Waals surface area contributed by atoms with Gasteiger partial charge in [-0.1, -0.05) is 26.0 Å². The first-order chi connectivity index (χ1) is 14.5. The van der Waals surface area contributed by atoms with E-state index in [1.165, 1.54) is 13.8 Å². The van der Waals surface area contributed by atoms with Gasteiger partial charge in [-0.3, -0.25) is 14.6 Å². The average molecular weight is 554 g/mol. The van der Waals surface area contributed by atoms with E-state index in [1.54, 1.807) is 0 Å². The van der Waals surface area contributed by atoms with Gasteiger partial charge in [-0.05, 0) is 40.3 Å². The van der Waals surface area contributed by atoms with E-state index in [2.05, 4.69) is 43.5 Å². The number of rotatable bonds is 11. The number of benzene rings is 1. The molecule has 6 N–H and O–H groups in total. The van der Waals surface area contributed by atoms with Crippen LogP contribution in [0.1, 0.15) is 19.4 Å². The van der Waals surface area contributed by atoms with Gasteiger partial charge in [-0.25, -0.2) is 15.0 Å². The Morgan fingerprint density at radius 3 is 2.39 bits per heavy atom. The van der Waals surface area contributed by atoms with Crippen molar-refractivity contribution in [3.8, 4) is 0 Å². The number of alkyl halides is 1. The fourth-order valence-corrected chi connectivity index (χ4v) is 2.93. The minimum absolute atomic E-state index is 0.193. The molecule has 0 saturated carbocycles. The Morgan fingerprint density at radius 1 is 1.26 bits per heavy atom. The van der Waals surface area contributed by atoms with E-state index in [0.29, 0.717) is 0 Å². The van der Waals surface area contributed by atoms with Gasteiger partial charge in [-0.15, -0.1) is 0 Å². The van der Waals surface area contributed by atoms with Gasteiger partial charge >= 0.3 is 12.2 Å². The summed E-state index contributed by atoms with van der Waals surface area (Å²) >= 11 is 2.15. The number of ether oxygens (including phenoxy) is 2. The van der Waals surface area contributed by atoms with E-state index in [9.17, 15) is 23.9 Å². The van der Waals surface area contributed by atoms with E-state index >= 15 is 0 Å². The number of amides is 3. The second kappa shape index (κ2) is 12.6. The van der Waals surface area contributed by atoms with Crippen LogP contribution >= 0.6 is 22.6 Å². The molecule has 3 amide bonds. The third kappa shape index (κ3) is 9.23. The molecule has 0 aliphatic heterocycles. The predicted molar refractivity (Wildman–Crippen MR) is 119 cm³/mol. The molecule has 0 radical (unpaired) electrons. The first-order valence-electron chi connectivity index (χ1n) is 9.32. The molecule has 1 aromatic rings. The summed E-state index contributed by atoms with van der Waals surface area (Å²) in [4.78, 5) is 35.2. The van der Waals surface area contributed by atoms with Gasteiger partial charge in [-0.2, -0.15) is 0 Å². The average Bonchev–Trinajstić information content (AvgIpc) is 2.72. The fraction of sp³-hybridized carbons (Fsp3) is 0.526. The predicted octanol–water partition coefficient (Wildman–Crippen LogP) is 1.000. The SMILES string of the molecule is COC(=O)N[C@H](C(=O)NNC[C@H](O)[C@H](Cc1ccc(I)cc1)OC(N)=O)C(C)(C)CF. The summed E-state index contributed by atoms with van der Waals surface area (Å²) in [6.45, 7) is 1.82. The summed E-state index contributed by atoms with van der Waals surface area (Å²) < 4.78 is 23.8. The fourth-order valence-electron chi connectivity index (χ4n) is 2.57. The smallest absolute Gasteiger partial charge is 0.407 e. The molecule has 1 aromatic carbocycles. The molecule has 0 aliphatic rings. The van der Waals surface area contributed by atoms with Crippen LogP contribution in [0.3, 0.4) is 0 Å². The number of hydrazine groups is 1. The molecule has 0 aliphatic carbocycles. The van der Waals surface area contributed by atoms with Gasteiger partial charge in [0.1, 0.15) is 18.2 Å². The van der Waals surface area contributed by atoms with Crippen molar-refractivity contribution in [2.24, 2.45) is 11.1 Å². The van der Waals surface area contributed by atoms with Crippen LogP contribution in [0.15, 0.2) is 24.3 Å². The van der Waals surface area contributed by atoms with Gasteiger partial charge in [0.05, 0.1) is 13.8 Å². The number of nitrogens with two attached hydrogens (primary N) is 1. The lowest BCUT2D eigenvalue weighted by molar-refractivity contribution is -0.127. The summed E-state index contributed by atoms with van der Waals surface area (Å²) in [7, 11) is 1.12. The lowest BCUT2D eigenvalue weighted by Gasteiger charge is -2.31. The molecule has 31 heavy (non-hydrogen) atoms. The number of aliphatic hydroxyl groups is 1. The van der Waals surface area contributed by atoms with Crippen molar-refractivity contribution in [3.05, 3.63) is 33.4 Å². The maximum atomic E-state index is 13.4. The highest BCUT2D eigenvalue weighted by Crippen LogP contribution is 2.21. The molecule has 0 fully saturated rings. The third-order valence-corrected chi connectivity index (χ3v) is 5.12. The number of hydrogen-bond acceptors (Lipinski definition) is 7. The monoisotopic (exact) mass is 554 g/mol. The van der Waals surface area contributed by atoms with E-state index < -0.39 is 48.4 Å². The molecule has 0 heterocycles. The Balaban J connectivity index is 2.73. The highest BCUT2D eigenvalue weighted by atomic mass is 127. The van der Waals surface area contributed by atoms with Gasteiger partial charge in [0.2, 0.25) is 0 Å². The number of hydrogen-bond donors (Lipinski definition) is 5. The topological polar surface area (TPSA) is 152 Å². The van der Waals surface area contributed by atoms with Crippen molar-refractivity contribution in [1.82, 2.24) is 16.2 Å². The summed E-state index contributed by atoms with van der Waals surface area (Å²) in [5, 5.41) is 12.7. The van der Waals surface area contributed by atoms with Crippen LogP contribution in [0.2, 0.25) is 0 Å². The normalized spacial score (nSPS) is 14.1. The number of methoxy groups -OCH3 is 1. The summed E-state index contributed by atoms with van der Waals surface area (Å²) in [5.74, 6) is -0.745. The Morgan fingerprint density at radius 2 is 1.87 bits per heavy atom. The Bertz CT molecular complexity index is 749. The number of primary amides is 1. The van der Waals surface area contributed by atoms with Crippen LogP contribution in [0.5, 0.6) is 0 Å². The molecule has 3 atom stereocenters. The molecule has 10 nitrogen and oxygen atoms in total. The maximum absolute atomic E-state index is 13.4.